The lowest BCUT2D eigenvalue weighted by molar-refractivity contribution is -0.149. The summed E-state index contributed by atoms with van der Waals surface area (Å²) in [4.78, 5) is 11.2. The van der Waals surface area contributed by atoms with Crippen LogP contribution in [-0.2, 0) is 9.53 Å². The van der Waals surface area contributed by atoms with Gasteiger partial charge in [-0.15, -0.1) is 0 Å². The van der Waals surface area contributed by atoms with E-state index >= 15 is 0 Å². The van der Waals surface area contributed by atoms with Gasteiger partial charge in [-0.1, -0.05) is 0 Å². The minimum atomic E-state index is -0.880. The van der Waals surface area contributed by atoms with Crippen LogP contribution in [0.3, 0.4) is 0 Å². The lowest BCUT2D eigenvalue weighted by atomic mass is 9.97. The molecule has 0 saturated carbocycles. The van der Waals surface area contributed by atoms with Crippen molar-refractivity contribution < 1.29 is 9.53 Å². The van der Waals surface area contributed by atoms with E-state index in [1.165, 1.54) is 0 Å². The normalized spacial score (nSPS) is 15.3. The van der Waals surface area contributed by atoms with Crippen molar-refractivity contribution in [2.75, 3.05) is 13.2 Å². The average Bonchev–Trinajstić information content (AvgIpc) is 2.01. The fourth-order valence-corrected chi connectivity index (χ4v) is 0.867. The minimum Gasteiger partial charge on any atom is -0.465 e. The predicted octanol–water partition coefficient (Wildman–Crippen LogP) is 0.00580. The van der Waals surface area contributed by atoms with Gasteiger partial charge in [0.2, 0.25) is 0 Å². The van der Waals surface area contributed by atoms with Crippen molar-refractivity contribution in [2.45, 2.75) is 32.2 Å². The SMILES string of the molecule is CCOC(=O)[C@@](C)(N)CCCN. The molecule has 0 aliphatic rings. The van der Waals surface area contributed by atoms with Crippen molar-refractivity contribution in [2.24, 2.45) is 11.5 Å². The van der Waals surface area contributed by atoms with Crippen molar-refractivity contribution in [3.05, 3.63) is 0 Å². The largest absolute Gasteiger partial charge is 0.465 e. The number of rotatable bonds is 5. The van der Waals surface area contributed by atoms with Gasteiger partial charge in [0, 0.05) is 0 Å². The summed E-state index contributed by atoms with van der Waals surface area (Å²) in [5.41, 5.74) is 10.1. The molecule has 0 heterocycles. The fourth-order valence-electron chi connectivity index (χ4n) is 0.867. The maximum Gasteiger partial charge on any atom is 0.325 e. The number of carbonyl (C=O) groups is 1. The zero-order valence-corrected chi connectivity index (χ0v) is 7.80. The van der Waals surface area contributed by atoms with Crippen molar-refractivity contribution >= 4 is 5.97 Å². The Morgan fingerprint density at radius 2 is 2.17 bits per heavy atom. The molecule has 4 nitrogen and oxygen atoms in total. The van der Waals surface area contributed by atoms with Crippen LogP contribution in [0.5, 0.6) is 0 Å². The van der Waals surface area contributed by atoms with E-state index in [-0.39, 0.29) is 5.97 Å². The van der Waals surface area contributed by atoms with Crippen LogP contribution in [0.25, 0.3) is 0 Å². The number of nitrogens with two attached hydrogens (primary N) is 2. The van der Waals surface area contributed by atoms with Gasteiger partial charge in [-0.25, -0.2) is 0 Å². The fraction of sp³-hybridized carbons (Fsp3) is 0.875. The van der Waals surface area contributed by atoms with Crippen molar-refractivity contribution in [3.63, 3.8) is 0 Å². The first-order valence-electron chi connectivity index (χ1n) is 4.20. The van der Waals surface area contributed by atoms with Crippen LogP contribution in [0.4, 0.5) is 0 Å². The van der Waals surface area contributed by atoms with Gasteiger partial charge in [-0.05, 0) is 33.2 Å². The van der Waals surface area contributed by atoms with E-state index in [4.69, 9.17) is 16.2 Å². The molecule has 0 saturated heterocycles. The molecular formula is C8H18N2O2. The summed E-state index contributed by atoms with van der Waals surface area (Å²) in [5, 5.41) is 0. The third-order valence-electron chi connectivity index (χ3n) is 1.64. The van der Waals surface area contributed by atoms with Crippen LogP contribution in [0, 0.1) is 0 Å². The van der Waals surface area contributed by atoms with Gasteiger partial charge in [-0.3, -0.25) is 4.79 Å². The van der Waals surface area contributed by atoms with Gasteiger partial charge < -0.3 is 16.2 Å². The smallest absolute Gasteiger partial charge is 0.325 e. The number of hydrogen-bond donors (Lipinski definition) is 2. The van der Waals surface area contributed by atoms with E-state index in [0.29, 0.717) is 19.6 Å². The summed E-state index contributed by atoms with van der Waals surface area (Å²) in [7, 11) is 0. The van der Waals surface area contributed by atoms with Gasteiger partial charge >= 0.3 is 5.97 Å². The van der Waals surface area contributed by atoms with E-state index in [9.17, 15) is 4.79 Å². The molecule has 0 fully saturated rings. The van der Waals surface area contributed by atoms with E-state index < -0.39 is 5.54 Å². The molecule has 0 amide bonds. The Hall–Kier alpha value is -0.610. The topological polar surface area (TPSA) is 78.3 Å². The molecule has 0 aromatic carbocycles. The summed E-state index contributed by atoms with van der Waals surface area (Å²) in [6.07, 6.45) is 1.31. The molecule has 0 spiro atoms. The lowest BCUT2D eigenvalue weighted by Crippen LogP contribution is -2.46. The summed E-state index contributed by atoms with van der Waals surface area (Å²) < 4.78 is 4.80. The molecule has 0 unspecified atom stereocenters. The molecule has 0 radical (unpaired) electrons. The Balaban J connectivity index is 3.90. The number of esters is 1. The van der Waals surface area contributed by atoms with Gasteiger partial charge in [-0.2, -0.15) is 0 Å². The first-order chi connectivity index (χ1) is 5.54. The van der Waals surface area contributed by atoms with Gasteiger partial charge in [0.15, 0.2) is 0 Å². The summed E-state index contributed by atoms with van der Waals surface area (Å²) >= 11 is 0. The van der Waals surface area contributed by atoms with Crippen molar-refractivity contribution in [3.8, 4) is 0 Å². The summed E-state index contributed by atoms with van der Waals surface area (Å²) in [6, 6.07) is 0. The highest BCUT2D eigenvalue weighted by atomic mass is 16.5. The van der Waals surface area contributed by atoms with Crippen molar-refractivity contribution in [1.29, 1.82) is 0 Å². The van der Waals surface area contributed by atoms with Crippen LogP contribution in [0.15, 0.2) is 0 Å². The minimum absolute atomic E-state index is 0.349. The molecule has 12 heavy (non-hydrogen) atoms. The van der Waals surface area contributed by atoms with Crippen molar-refractivity contribution in [1.82, 2.24) is 0 Å². The van der Waals surface area contributed by atoms with Crippen LogP contribution in [0.2, 0.25) is 0 Å². The third kappa shape index (κ3) is 3.69. The maximum atomic E-state index is 11.2. The first-order valence-corrected chi connectivity index (χ1v) is 4.20. The molecule has 0 aliphatic carbocycles. The van der Waals surface area contributed by atoms with Crippen LogP contribution < -0.4 is 11.5 Å². The quantitative estimate of drug-likeness (QED) is 0.575. The van der Waals surface area contributed by atoms with Crippen LogP contribution in [-0.4, -0.2) is 24.7 Å². The highest BCUT2D eigenvalue weighted by Gasteiger charge is 2.28. The zero-order valence-electron chi connectivity index (χ0n) is 7.80. The molecule has 0 aromatic heterocycles. The van der Waals surface area contributed by atoms with Gasteiger partial charge in [0.05, 0.1) is 6.61 Å². The highest BCUT2D eigenvalue weighted by molar-refractivity contribution is 5.79. The van der Waals surface area contributed by atoms with Gasteiger partial charge in [0.1, 0.15) is 5.54 Å². The summed E-state index contributed by atoms with van der Waals surface area (Å²) in [6.45, 7) is 4.35. The Kier molecular flexibility index (Phi) is 4.85. The van der Waals surface area contributed by atoms with Gasteiger partial charge in [0.25, 0.3) is 0 Å². The molecule has 4 N–H and O–H groups in total. The number of carbonyl (C=O) groups excluding carboxylic acids is 1. The second-order valence-corrected chi connectivity index (χ2v) is 3.03. The number of ether oxygens (including phenoxy) is 1. The number of hydrogen-bond acceptors (Lipinski definition) is 4. The molecule has 0 rings (SSSR count). The van der Waals surface area contributed by atoms with E-state index in [1.807, 2.05) is 0 Å². The highest BCUT2D eigenvalue weighted by Crippen LogP contribution is 2.09. The van der Waals surface area contributed by atoms with E-state index in [2.05, 4.69) is 0 Å². The first kappa shape index (κ1) is 11.4. The van der Waals surface area contributed by atoms with E-state index in [1.54, 1.807) is 13.8 Å². The maximum absolute atomic E-state index is 11.2. The Morgan fingerprint density at radius 3 is 2.58 bits per heavy atom. The van der Waals surface area contributed by atoms with Crippen LogP contribution >= 0.6 is 0 Å². The standard InChI is InChI=1S/C8H18N2O2/c1-3-12-7(11)8(2,10)5-4-6-9/h3-6,9-10H2,1-2H3/t8-/m0/s1. The monoisotopic (exact) mass is 174 g/mol. The molecular weight excluding hydrogens is 156 g/mol. The Morgan fingerprint density at radius 1 is 1.58 bits per heavy atom. The summed E-state index contributed by atoms with van der Waals surface area (Å²) in [5.74, 6) is -0.349. The average molecular weight is 174 g/mol. The Bertz CT molecular complexity index is 146. The van der Waals surface area contributed by atoms with Crippen LogP contribution in [0.1, 0.15) is 26.7 Å². The van der Waals surface area contributed by atoms with E-state index in [0.717, 1.165) is 6.42 Å². The lowest BCUT2D eigenvalue weighted by Gasteiger charge is -2.21. The predicted molar refractivity (Wildman–Crippen MR) is 47.5 cm³/mol. The molecule has 0 aromatic rings. The second kappa shape index (κ2) is 5.11. The molecule has 0 aliphatic heterocycles. The Labute approximate surface area is 73.2 Å². The molecule has 4 heteroatoms. The zero-order chi connectivity index (χ0) is 9.61. The molecule has 72 valence electrons. The second-order valence-electron chi connectivity index (χ2n) is 3.03. The molecule has 0 bridgehead atoms. The molecule has 1 atom stereocenters. The third-order valence-corrected chi connectivity index (χ3v) is 1.64.